The van der Waals surface area contributed by atoms with Crippen molar-refractivity contribution in [3.8, 4) is 0 Å². The van der Waals surface area contributed by atoms with E-state index in [-0.39, 0.29) is 0 Å². The Morgan fingerprint density at radius 1 is 0.545 bits per heavy atom. The van der Waals surface area contributed by atoms with E-state index in [9.17, 15) is 0 Å². The molecule has 0 radical (unpaired) electrons. The Morgan fingerprint density at radius 2 is 0.818 bits per heavy atom. The van der Waals surface area contributed by atoms with Crippen LogP contribution in [-0.2, 0) is 0 Å². The summed E-state index contributed by atoms with van der Waals surface area (Å²) >= 11 is 0. The zero-order valence-electron chi connectivity index (χ0n) is 14.9. The maximum absolute atomic E-state index is 2.79. The van der Waals surface area contributed by atoms with Gasteiger partial charge in [0.05, 0.1) is 13.3 Å². The van der Waals surface area contributed by atoms with Gasteiger partial charge in [-0.2, -0.15) is 0 Å². The molecule has 4 bridgehead atoms. The van der Waals surface area contributed by atoms with Crippen molar-refractivity contribution in [3.63, 3.8) is 0 Å². The number of hydrogen-bond acceptors (Lipinski definition) is 4. The molecule has 2 unspecified atom stereocenters. The van der Waals surface area contributed by atoms with Gasteiger partial charge in [-0.15, -0.1) is 0 Å². The zero-order chi connectivity index (χ0) is 15.4. The third-order valence-corrected chi connectivity index (χ3v) is 7.41. The van der Waals surface area contributed by atoms with Gasteiger partial charge in [0.25, 0.3) is 0 Å². The van der Waals surface area contributed by atoms with Gasteiger partial charge in [0.2, 0.25) is 0 Å². The molecule has 22 heavy (non-hydrogen) atoms. The van der Waals surface area contributed by atoms with Crippen LogP contribution in [-0.4, -0.2) is 83.3 Å². The van der Waals surface area contributed by atoms with Crippen molar-refractivity contribution < 1.29 is 0 Å². The number of hydrogen-bond donors (Lipinski definition) is 0. The highest BCUT2D eigenvalue weighted by molar-refractivity contribution is 5.16. The van der Waals surface area contributed by atoms with Crippen LogP contribution in [0.1, 0.15) is 40.5 Å². The largest absolute Gasteiger partial charge is 0.287 e. The third kappa shape index (κ3) is 1.97. The highest BCUT2D eigenvalue weighted by Crippen LogP contribution is 2.54. The predicted octanol–water partition coefficient (Wildman–Crippen LogP) is 1.73. The smallest absolute Gasteiger partial charge is 0.0511 e. The van der Waals surface area contributed by atoms with Crippen molar-refractivity contribution in [2.45, 2.75) is 64.7 Å². The summed E-state index contributed by atoms with van der Waals surface area (Å²) in [7, 11) is 0. The molecule has 126 valence electrons. The van der Waals surface area contributed by atoms with E-state index in [2.05, 4.69) is 47.3 Å². The maximum Gasteiger partial charge on any atom is 0.0511 e. The first kappa shape index (κ1) is 15.4. The van der Waals surface area contributed by atoms with Gasteiger partial charge in [-0.25, -0.2) is 0 Å². The van der Waals surface area contributed by atoms with Crippen molar-refractivity contribution in [1.82, 2.24) is 19.6 Å². The molecule has 4 aliphatic rings. The van der Waals surface area contributed by atoms with Crippen LogP contribution in [0.15, 0.2) is 0 Å². The Balaban J connectivity index is 1.70. The van der Waals surface area contributed by atoms with Gasteiger partial charge < -0.3 is 0 Å². The number of rotatable bonds is 4. The van der Waals surface area contributed by atoms with Crippen LogP contribution >= 0.6 is 0 Å². The predicted molar refractivity (Wildman–Crippen MR) is 90.6 cm³/mol. The van der Waals surface area contributed by atoms with Crippen LogP contribution < -0.4 is 0 Å². The standard InChI is InChI=1S/C18H34N4/c1-5-19-11-20(6-2)14-9-13(19)17-15-10-16(18(14)17)22(8-4)12-21(15)7-3/h13-18H,5-12H2,1-4H3/t13-,14+,15+,16-,17?,18?. The molecule has 0 aromatic rings. The summed E-state index contributed by atoms with van der Waals surface area (Å²) in [5.41, 5.74) is 0. The molecule has 4 heteroatoms. The van der Waals surface area contributed by atoms with Crippen LogP contribution in [0, 0.1) is 11.8 Å². The second kappa shape index (κ2) is 5.73. The lowest BCUT2D eigenvalue weighted by Gasteiger charge is -2.47. The van der Waals surface area contributed by atoms with Gasteiger partial charge in [-0.3, -0.25) is 19.6 Å². The van der Waals surface area contributed by atoms with Crippen molar-refractivity contribution in [3.05, 3.63) is 0 Å². The first-order valence-corrected chi connectivity index (χ1v) is 9.69. The molecule has 2 aliphatic carbocycles. The van der Waals surface area contributed by atoms with E-state index in [4.69, 9.17) is 0 Å². The third-order valence-electron chi connectivity index (χ3n) is 7.41. The lowest BCUT2D eigenvalue weighted by molar-refractivity contribution is -0.0223. The maximum atomic E-state index is 2.79. The molecular weight excluding hydrogens is 272 g/mol. The molecule has 2 aliphatic heterocycles. The van der Waals surface area contributed by atoms with E-state index < -0.39 is 0 Å². The Kier molecular flexibility index (Phi) is 4.00. The van der Waals surface area contributed by atoms with Gasteiger partial charge >= 0.3 is 0 Å². The van der Waals surface area contributed by atoms with Crippen LogP contribution in [0.2, 0.25) is 0 Å². The van der Waals surface area contributed by atoms with Crippen molar-refractivity contribution >= 4 is 0 Å². The highest BCUT2D eigenvalue weighted by Gasteiger charge is 2.62. The van der Waals surface area contributed by atoms with Crippen molar-refractivity contribution in [1.29, 1.82) is 0 Å². The van der Waals surface area contributed by atoms with Crippen LogP contribution in [0.25, 0.3) is 0 Å². The van der Waals surface area contributed by atoms with Crippen molar-refractivity contribution in [2.75, 3.05) is 39.5 Å². The molecule has 0 amide bonds. The van der Waals surface area contributed by atoms with Crippen LogP contribution in [0.4, 0.5) is 0 Å². The fraction of sp³-hybridized carbons (Fsp3) is 1.00. The summed E-state index contributed by atoms with van der Waals surface area (Å²) in [6.07, 6.45) is 2.86. The summed E-state index contributed by atoms with van der Waals surface area (Å²) < 4.78 is 0. The SMILES string of the molecule is CCN1CN(CC)[C@H]2C[C@@H]1C1C2[C@H]2C[C@@H]1N(CC)CN2CC. The average molecular weight is 306 g/mol. The molecule has 2 saturated carbocycles. The van der Waals surface area contributed by atoms with Gasteiger partial charge in [0, 0.05) is 24.2 Å². The highest BCUT2D eigenvalue weighted by atomic mass is 15.4. The topological polar surface area (TPSA) is 13.0 Å². The fourth-order valence-corrected chi connectivity index (χ4v) is 6.46. The normalized spacial score (nSPS) is 46.4. The van der Waals surface area contributed by atoms with Gasteiger partial charge in [0.1, 0.15) is 0 Å². The summed E-state index contributed by atoms with van der Waals surface area (Å²) in [4.78, 5) is 11.1. The van der Waals surface area contributed by atoms with Gasteiger partial charge in [-0.05, 0) is 50.9 Å². The minimum absolute atomic E-state index is 0.851. The van der Waals surface area contributed by atoms with E-state index in [1.165, 1.54) is 52.4 Å². The minimum Gasteiger partial charge on any atom is -0.287 e. The summed E-state index contributed by atoms with van der Waals surface area (Å²) in [6, 6.07) is 3.40. The number of nitrogens with zero attached hydrogens (tertiary/aromatic N) is 4. The molecule has 0 spiro atoms. The molecule has 0 aromatic heterocycles. The Morgan fingerprint density at radius 3 is 1.05 bits per heavy atom. The average Bonchev–Trinajstić information content (AvgIpc) is 3.05. The molecule has 2 saturated heterocycles. The Bertz CT molecular complexity index is 344. The minimum atomic E-state index is 0.851. The lowest BCUT2D eigenvalue weighted by atomic mass is 9.91. The Hall–Kier alpha value is -0.160. The molecule has 4 fully saturated rings. The van der Waals surface area contributed by atoms with Crippen molar-refractivity contribution in [2.24, 2.45) is 11.8 Å². The summed E-state index contributed by atoms with van der Waals surface area (Å²) in [5.74, 6) is 1.84. The lowest BCUT2D eigenvalue weighted by Crippen LogP contribution is -2.58. The van der Waals surface area contributed by atoms with E-state index in [1.807, 2.05) is 0 Å². The van der Waals surface area contributed by atoms with Crippen LogP contribution in [0.5, 0.6) is 0 Å². The molecule has 6 atom stereocenters. The molecule has 2 heterocycles. The monoisotopic (exact) mass is 306 g/mol. The number of fused-ring (bicyclic) bond motifs is 9. The van der Waals surface area contributed by atoms with Crippen LogP contribution in [0.3, 0.4) is 0 Å². The fourth-order valence-electron chi connectivity index (χ4n) is 6.46. The zero-order valence-corrected chi connectivity index (χ0v) is 14.9. The molecule has 0 N–H and O–H groups in total. The molecule has 4 rings (SSSR count). The van der Waals surface area contributed by atoms with E-state index in [0.717, 1.165) is 36.0 Å². The second-order valence-corrected chi connectivity index (χ2v) is 7.80. The summed E-state index contributed by atoms with van der Waals surface area (Å²) in [6.45, 7) is 16.8. The van der Waals surface area contributed by atoms with E-state index in [0.29, 0.717) is 0 Å². The van der Waals surface area contributed by atoms with E-state index >= 15 is 0 Å². The van der Waals surface area contributed by atoms with Gasteiger partial charge in [-0.1, -0.05) is 27.7 Å². The molecular formula is C18H34N4. The van der Waals surface area contributed by atoms with Gasteiger partial charge in [0.15, 0.2) is 0 Å². The molecule has 4 nitrogen and oxygen atoms in total. The summed E-state index contributed by atoms with van der Waals surface area (Å²) in [5, 5.41) is 0. The second-order valence-electron chi connectivity index (χ2n) is 7.80. The first-order valence-electron chi connectivity index (χ1n) is 9.69. The molecule has 0 aromatic carbocycles. The Labute approximate surface area is 136 Å². The quantitative estimate of drug-likeness (QED) is 0.733. The first-order chi connectivity index (χ1) is 10.7. The van der Waals surface area contributed by atoms with E-state index in [1.54, 1.807) is 0 Å².